The Bertz CT molecular complexity index is 759. The molecule has 0 radical (unpaired) electrons. The van der Waals surface area contributed by atoms with Gasteiger partial charge in [0.05, 0.1) is 13.7 Å². The van der Waals surface area contributed by atoms with Crippen molar-refractivity contribution in [2.75, 3.05) is 38.1 Å². The van der Waals surface area contributed by atoms with Crippen LogP contribution in [-0.4, -0.2) is 39.2 Å². The molecule has 0 heterocycles. The normalized spacial score (nSPS) is 10.1. The van der Waals surface area contributed by atoms with Crippen LogP contribution in [0, 0.1) is 0 Å². The summed E-state index contributed by atoms with van der Waals surface area (Å²) >= 11 is 0. The van der Waals surface area contributed by atoms with E-state index in [1.165, 1.54) is 7.11 Å². The summed E-state index contributed by atoms with van der Waals surface area (Å²) in [6.45, 7) is 2.31. The van der Waals surface area contributed by atoms with Crippen molar-refractivity contribution >= 4 is 23.2 Å². The second-order valence-electron chi connectivity index (χ2n) is 5.31. The van der Waals surface area contributed by atoms with Gasteiger partial charge >= 0.3 is 0 Å². The molecule has 7 heteroatoms. The number of rotatable bonds is 8. The topological polar surface area (TPSA) is 85.9 Å². The molecule has 26 heavy (non-hydrogen) atoms. The number of methoxy groups -OCH3 is 2. The SMILES string of the molecule is CCOc1cc(C(=O)Nc2ccc(NC(=O)COC)cc2)ccc1OC. The summed E-state index contributed by atoms with van der Waals surface area (Å²) in [5.74, 6) is 0.564. The first kappa shape index (κ1) is 19.3. The highest BCUT2D eigenvalue weighted by Crippen LogP contribution is 2.28. The Balaban J connectivity index is 2.05. The second-order valence-corrected chi connectivity index (χ2v) is 5.31. The molecule has 2 N–H and O–H groups in total. The third-order valence-corrected chi connectivity index (χ3v) is 3.43. The fraction of sp³-hybridized carbons (Fsp3) is 0.263. The van der Waals surface area contributed by atoms with E-state index in [1.807, 2.05) is 6.92 Å². The fourth-order valence-corrected chi connectivity index (χ4v) is 2.25. The van der Waals surface area contributed by atoms with Crippen LogP contribution in [0.3, 0.4) is 0 Å². The fourth-order valence-electron chi connectivity index (χ4n) is 2.25. The number of hydrogen-bond acceptors (Lipinski definition) is 5. The van der Waals surface area contributed by atoms with Crippen molar-refractivity contribution in [3.63, 3.8) is 0 Å². The van der Waals surface area contributed by atoms with Gasteiger partial charge in [-0.2, -0.15) is 0 Å². The lowest BCUT2D eigenvalue weighted by Crippen LogP contribution is -2.17. The third kappa shape index (κ3) is 5.22. The van der Waals surface area contributed by atoms with E-state index in [-0.39, 0.29) is 18.4 Å². The lowest BCUT2D eigenvalue weighted by Gasteiger charge is -2.11. The lowest BCUT2D eigenvalue weighted by molar-refractivity contribution is -0.119. The molecule has 2 rings (SSSR count). The van der Waals surface area contributed by atoms with Gasteiger partial charge in [-0.3, -0.25) is 9.59 Å². The molecular formula is C19H22N2O5. The van der Waals surface area contributed by atoms with Crippen LogP contribution in [0.1, 0.15) is 17.3 Å². The monoisotopic (exact) mass is 358 g/mol. The van der Waals surface area contributed by atoms with Gasteiger partial charge in [-0.15, -0.1) is 0 Å². The quantitative estimate of drug-likeness (QED) is 0.758. The molecule has 138 valence electrons. The minimum atomic E-state index is -0.273. The molecule has 0 aliphatic carbocycles. The van der Waals surface area contributed by atoms with E-state index in [0.29, 0.717) is 35.0 Å². The van der Waals surface area contributed by atoms with Crippen molar-refractivity contribution in [1.29, 1.82) is 0 Å². The number of hydrogen-bond donors (Lipinski definition) is 2. The molecule has 2 amide bonds. The summed E-state index contributed by atoms with van der Waals surface area (Å²) in [5, 5.41) is 5.48. The molecule has 0 saturated heterocycles. The number of carbonyl (C=O) groups is 2. The first-order chi connectivity index (χ1) is 12.6. The highest BCUT2D eigenvalue weighted by atomic mass is 16.5. The number of anilines is 2. The van der Waals surface area contributed by atoms with Crippen LogP contribution in [0.4, 0.5) is 11.4 Å². The molecule has 0 aliphatic rings. The first-order valence-corrected chi connectivity index (χ1v) is 8.08. The Morgan fingerprint density at radius 3 is 2.15 bits per heavy atom. The van der Waals surface area contributed by atoms with Crippen LogP contribution in [0.25, 0.3) is 0 Å². The van der Waals surface area contributed by atoms with Gasteiger partial charge in [0.15, 0.2) is 11.5 Å². The minimum Gasteiger partial charge on any atom is -0.493 e. The van der Waals surface area contributed by atoms with Crippen molar-refractivity contribution in [3.05, 3.63) is 48.0 Å². The van der Waals surface area contributed by atoms with E-state index in [9.17, 15) is 9.59 Å². The maximum Gasteiger partial charge on any atom is 0.255 e. The van der Waals surface area contributed by atoms with Crippen molar-refractivity contribution < 1.29 is 23.8 Å². The summed E-state index contributed by atoms with van der Waals surface area (Å²) in [4.78, 5) is 23.9. The molecule has 0 aliphatic heterocycles. The first-order valence-electron chi connectivity index (χ1n) is 8.08. The summed E-state index contributed by atoms with van der Waals surface area (Å²) in [5.41, 5.74) is 1.67. The van der Waals surface area contributed by atoms with E-state index in [4.69, 9.17) is 14.2 Å². The number of carbonyl (C=O) groups excluding carboxylic acids is 2. The Kier molecular flexibility index (Phi) is 6.99. The van der Waals surface area contributed by atoms with Gasteiger partial charge in [0.25, 0.3) is 5.91 Å². The summed E-state index contributed by atoms with van der Waals surface area (Å²) in [6, 6.07) is 11.8. The van der Waals surface area contributed by atoms with Crippen LogP contribution in [0.5, 0.6) is 11.5 Å². The minimum absolute atomic E-state index is 0.0158. The smallest absolute Gasteiger partial charge is 0.255 e. The van der Waals surface area contributed by atoms with Crippen LogP contribution in [-0.2, 0) is 9.53 Å². The molecule has 7 nitrogen and oxygen atoms in total. The van der Waals surface area contributed by atoms with E-state index in [0.717, 1.165) is 0 Å². The predicted octanol–water partition coefficient (Wildman–Crippen LogP) is 2.93. The van der Waals surface area contributed by atoms with E-state index in [2.05, 4.69) is 10.6 Å². The van der Waals surface area contributed by atoms with Crippen LogP contribution < -0.4 is 20.1 Å². The Morgan fingerprint density at radius 2 is 1.58 bits per heavy atom. The van der Waals surface area contributed by atoms with Gasteiger partial charge in [0.1, 0.15) is 6.61 Å². The highest BCUT2D eigenvalue weighted by molar-refractivity contribution is 6.04. The number of amides is 2. The molecule has 0 fully saturated rings. The molecular weight excluding hydrogens is 336 g/mol. The highest BCUT2D eigenvalue weighted by Gasteiger charge is 2.11. The maximum absolute atomic E-state index is 12.4. The average Bonchev–Trinajstić information content (AvgIpc) is 2.63. The zero-order valence-corrected chi connectivity index (χ0v) is 15.0. The average molecular weight is 358 g/mol. The van der Waals surface area contributed by atoms with Crippen LogP contribution in [0.15, 0.2) is 42.5 Å². The standard InChI is InChI=1S/C19H22N2O5/c1-4-26-17-11-13(5-10-16(17)25-3)19(23)21-15-8-6-14(7-9-15)20-18(22)12-24-2/h5-11H,4,12H2,1-3H3,(H,20,22)(H,21,23). The second kappa shape index (κ2) is 9.43. The molecule has 0 saturated carbocycles. The van der Waals surface area contributed by atoms with Gasteiger partial charge in [0.2, 0.25) is 5.91 Å². The van der Waals surface area contributed by atoms with Crippen molar-refractivity contribution in [2.24, 2.45) is 0 Å². The predicted molar refractivity (Wildman–Crippen MR) is 99.1 cm³/mol. The molecule has 0 atom stereocenters. The zero-order valence-electron chi connectivity index (χ0n) is 15.0. The lowest BCUT2D eigenvalue weighted by atomic mass is 10.1. The largest absolute Gasteiger partial charge is 0.493 e. The number of nitrogens with one attached hydrogen (secondary N) is 2. The summed E-state index contributed by atoms with van der Waals surface area (Å²) < 4.78 is 15.5. The maximum atomic E-state index is 12.4. The summed E-state index contributed by atoms with van der Waals surface area (Å²) in [7, 11) is 3.00. The van der Waals surface area contributed by atoms with Gasteiger partial charge in [-0.25, -0.2) is 0 Å². The Labute approximate surface area is 152 Å². The Hall–Kier alpha value is -3.06. The molecule has 0 spiro atoms. The number of benzene rings is 2. The van der Waals surface area contributed by atoms with E-state index < -0.39 is 0 Å². The third-order valence-electron chi connectivity index (χ3n) is 3.43. The molecule has 0 bridgehead atoms. The summed E-state index contributed by atoms with van der Waals surface area (Å²) in [6.07, 6.45) is 0. The van der Waals surface area contributed by atoms with Crippen LogP contribution >= 0.6 is 0 Å². The molecule has 2 aromatic carbocycles. The molecule has 0 unspecified atom stereocenters. The van der Waals surface area contributed by atoms with E-state index in [1.54, 1.807) is 49.6 Å². The van der Waals surface area contributed by atoms with Gasteiger partial charge < -0.3 is 24.8 Å². The van der Waals surface area contributed by atoms with Crippen LogP contribution in [0.2, 0.25) is 0 Å². The van der Waals surface area contributed by atoms with Crippen molar-refractivity contribution in [1.82, 2.24) is 0 Å². The molecule has 2 aromatic rings. The van der Waals surface area contributed by atoms with Gasteiger partial charge in [-0.1, -0.05) is 0 Å². The van der Waals surface area contributed by atoms with Crippen molar-refractivity contribution in [3.8, 4) is 11.5 Å². The van der Waals surface area contributed by atoms with Crippen molar-refractivity contribution in [2.45, 2.75) is 6.92 Å². The Morgan fingerprint density at radius 1 is 0.923 bits per heavy atom. The van der Waals surface area contributed by atoms with Gasteiger partial charge in [0, 0.05) is 24.0 Å². The number of ether oxygens (including phenoxy) is 3. The zero-order chi connectivity index (χ0) is 18.9. The van der Waals surface area contributed by atoms with E-state index >= 15 is 0 Å². The molecule has 0 aromatic heterocycles. The van der Waals surface area contributed by atoms with Gasteiger partial charge in [-0.05, 0) is 49.4 Å².